The van der Waals surface area contributed by atoms with Gasteiger partial charge in [-0.3, -0.25) is 4.21 Å². The van der Waals surface area contributed by atoms with Gasteiger partial charge in [0.1, 0.15) is 5.76 Å². The standard InChI is InChI=1S/C3H6O4S.Na/c1-3(7-4)2-8(5)6;/h4H,1-2H2,(H,5,6);/q;+1/p-1. The Labute approximate surface area is 77.4 Å². The van der Waals surface area contributed by atoms with Crippen LogP contribution in [0.25, 0.3) is 0 Å². The zero-order valence-corrected chi connectivity index (χ0v) is 7.81. The van der Waals surface area contributed by atoms with Crippen molar-refractivity contribution in [2.45, 2.75) is 0 Å². The predicted molar refractivity (Wildman–Crippen MR) is 26.6 cm³/mol. The molecule has 0 aromatic rings. The molecule has 0 aliphatic heterocycles. The Hall–Kier alpha value is 0.610. The molecular formula is C3H5NaO4S. The van der Waals surface area contributed by atoms with Crippen LogP contribution in [-0.2, 0) is 16.0 Å². The molecule has 0 aliphatic rings. The van der Waals surface area contributed by atoms with Gasteiger partial charge >= 0.3 is 29.6 Å². The summed E-state index contributed by atoms with van der Waals surface area (Å²) in [5.74, 6) is -0.547. The molecule has 1 atom stereocenters. The van der Waals surface area contributed by atoms with Crippen LogP contribution < -0.4 is 29.6 Å². The molecule has 0 aliphatic carbocycles. The van der Waals surface area contributed by atoms with E-state index in [0.29, 0.717) is 0 Å². The molecule has 0 heterocycles. The zero-order chi connectivity index (χ0) is 6.57. The van der Waals surface area contributed by atoms with E-state index in [4.69, 9.17) is 5.26 Å². The summed E-state index contributed by atoms with van der Waals surface area (Å²) in [6, 6.07) is 0. The second-order valence-corrected chi connectivity index (χ2v) is 1.97. The third-order valence-corrected chi connectivity index (χ3v) is 0.966. The van der Waals surface area contributed by atoms with Crippen LogP contribution in [0.1, 0.15) is 0 Å². The molecule has 0 bridgehead atoms. The Balaban J connectivity index is 0. The van der Waals surface area contributed by atoms with Crippen LogP contribution in [0, 0.1) is 0 Å². The second kappa shape index (κ2) is 6.73. The monoisotopic (exact) mass is 160 g/mol. The van der Waals surface area contributed by atoms with E-state index < -0.39 is 11.1 Å². The molecular weight excluding hydrogens is 155 g/mol. The fourth-order valence-electron chi connectivity index (χ4n) is 0.158. The van der Waals surface area contributed by atoms with Crippen LogP contribution in [-0.4, -0.2) is 19.8 Å². The van der Waals surface area contributed by atoms with E-state index in [2.05, 4.69) is 11.5 Å². The maximum absolute atomic E-state index is 9.72. The molecule has 6 heteroatoms. The molecule has 0 aromatic heterocycles. The van der Waals surface area contributed by atoms with E-state index in [0.717, 1.165) is 0 Å². The van der Waals surface area contributed by atoms with Gasteiger partial charge in [0, 0.05) is 0 Å². The Morgan fingerprint density at radius 3 is 2.44 bits per heavy atom. The molecule has 0 fully saturated rings. The van der Waals surface area contributed by atoms with Crippen LogP contribution in [0.3, 0.4) is 0 Å². The number of hydrogen-bond donors (Lipinski definition) is 1. The van der Waals surface area contributed by atoms with Crippen molar-refractivity contribution in [1.29, 1.82) is 0 Å². The van der Waals surface area contributed by atoms with E-state index >= 15 is 0 Å². The summed E-state index contributed by atoms with van der Waals surface area (Å²) >= 11 is -2.23. The minimum atomic E-state index is -2.23. The fourth-order valence-corrected chi connectivity index (χ4v) is 0.473. The third-order valence-electron chi connectivity index (χ3n) is 0.408. The largest absolute Gasteiger partial charge is 1.00 e. The molecule has 1 unspecified atom stereocenters. The first-order chi connectivity index (χ1) is 3.66. The van der Waals surface area contributed by atoms with Crippen LogP contribution in [0.2, 0.25) is 0 Å². The van der Waals surface area contributed by atoms with Gasteiger partial charge in [-0.2, -0.15) is 0 Å². The molecule has 0 saturated carbocycles. The van der Waals surface area contributed by atoms with Crippen molar-refractivity contribution in [3.8, 4) is 0 Å². The fraction of sp³-hybridized carbons (Fsp3) is 0.333. The summed E-state index contributed by atoms with van der Waals surface area (Å²) in [6.45, 7) is 3.05. The van der Waals surface area contributed by atoms with Gasteiger partial charge in [0.15, 0.2) is 0 Å². The second-order valence-electron chi connectivity index (χ2n) is 1.08. The summed E-state index contributed by atoms with van der Waals surface area (Å²) in [7, 11) is 0. The van der Waals surface area contributed by atoms with E-state index in [-0.39, 0.29) is 41.1 Å². The average Bonchev–Trinajstić information content (AvgIpc) is 1.65. The quantitative estimate of drug-likeness (QED) is 0.156. The van der Waals surface area contributed by atoms with Gasteiger partial charge in [-0.05, 0) is 11.1 Å². The first-order valence-electron chi connectivity index (χ1n) is 1.72. The van der Waals surface area contributed by atoms with Crippen molar-refractivity contribution in [3.63, 3.8) is 0 Å². The minimum absolute atomic E-state index is 0. The van der Waals surface area contributed by atoms with Gasteiger partial charge in [-0.25, -0.2) is 5.26 Å². The summed E-state index contributed by atoms with van der Waals surface area (Å²) in [5.41, 5.74) is 0. The zero-order valence-electron chi connectivity index (χ0n) is 4.99. The minimum Gasteiger partial charge on any atom is -0.772 e. The molecule has 0 saturated heterocycles. The first-order valence-corrected chi connectivity index (χ1v) is 2.96. The van der Waals surface area contributed by atoms with Crippen molar-refractivity contribution in [1.82, 2.24) is 0 Å². The van der Waals surface area contributed by atoms with Gasteiger partial charge in [-0.1, -0.05) is 6.58 Å². The van der Waals surface area contributed by atoms with Crippen molar-refractivity contribution < 1.29 is 48.5 Å². The van der Waals surface area contributed by atoms with Crippen LogP contribution in [0.15, 0.2) is 12.3 Å². The topological polar surface area (TPSA) is 69.6 Å². The molecule has 0 rings (SSSR count). The van der Waals surface area contributed by atoms with Crippen LogP contribution in [0.5, 0.6) is 0 Å². The van der Waals surface area contributed by atoms with Crippen molar-refractivity contribution >= 4 is 11.1 Å². The Bertz CT molecular complexity index is 114. The molecule has 0 aromatic carbocycles. The molecule has 0 amide bonds. The summed E-state index contributed by atoms with van der Waals surface area (Å²) in [5, 5.41) is 7.71. The van der Waals surface area contributed by atoms with E-state index in [1.807, 2.05) is 0 Å². The Morgan fingerprint density at radius 1 is 1.89 bits per heavy atom. The van der Waals surface area contributed by atoms with Gasteiger partial charge in [0.25, 0.3) is 0 Å². The molecule has 48 valence electrons. The maximum Gasteiger partial charge on any atom is 1.00 e. The smallest absolute Gasteiger partial charge is 0.772 e. The van der Waals surface area contributed by atoms with E-state index in [1.54, 1.807) is 0 Å². The van der Waals surface area contributed by atoms with Gasteiger partial charge in [0.2, 0.25) is 0 Å². The first kappa shape index (κ1) is 12.3. The molecule has 4 nitrogen and oxygen atoms in total. The van der Waals surface area contributed by atoms with Crippen molar-refractivity contribution in [3.05, 3.63) is 12.3 Å². The van der Waals surface area contributed by atoms with E-state index in [9.17, 15) is 8.76 Å². The van der Waals surface area contributed by atoms with Gasteiger partial charge < -0.3 is 9.44 Å². The normalized spacial score (nSPS) is 11.3. The SMILES string of the molecule is C=C(CS(=O)[O-])OO.[Na+]. The Morgan fingerprint density at radius 2 is 2.33 bits per heavy atom. The molecule has 0 radical (unpaired) electrons. The predicted octanol–water partition coefficient (Wildman–Crippen LogP) is -3.13. The number of rotatable bonds is 3. The molecule has 1 N–H and O–H groups in total. The van der Waals surface area contributed by atoms with Crippen molar-refractivity contribution in [2.24, 2.45) is 0 Å². The summed E-state index contributed by atoms with van der Waals surface area (Å²) < 4.78 is 19.4. The maximum atomic E-state index is 9.72. The molecule has 0 spiro atoms. The van der Waals surface area contributed by atoms with Crippen molar-refractivity contribution in [2.75, 3.05) is 5.75 Å². The third kappa shape index (κ3) is 8.61. The number of hydrogen-bond acceptors (Lipinski definition) is 4. The average molecular weight is 160 g/mol. The molecule has 9 heavy (non-hydrogen) atoms. The van der Waals surface area contributed by atoms with Gasteiger partial charge in [0.05, 0.1) is 5.75 Å². The van der Waals surface area contributed by atoms with Gasteiger partial charge in [-0.15, -0.1) is 0 Å². The summed E-state index contributed by atoms with van der Waals surface area (Å²) in [4.78, 5) is 3.47. The van der Waals surface area contributed by atoms with Crippen LogP contribution in [0.4, 0.5) is 0 Å². The summed E-state index contributed by atoms with van der Waals surface area (Å²) in [6.07, 6.45) is 0. The Kier molecular flexibility index (Phi) is 9.19. The van der Waals surface area contributed by atoms with Crippen LogP contribution >= 0.6 is 0 Å². The van der Waals surface area contributed by atoms with E-state index in [1.165, 1.54) is 0 Å².